The number of nitrogens with one attached hydrogen (secondary N) is 6. The van der Waals surface area contributed by atoms with Gasteiger partial charge in [0.1, 0.15) is 11.5 Å². The summed E-state index contributed by atoms with van der Waals surface area (Å²) < 4.78 is 0. The van der Waals surface area contributed by atoms with E-state index in [4.69, 9.17) is 0 Å². The molecular weight excluding hydrogens is 1550 g/mol. The maximum atomic E-state index is 11.7. The fourth-order valence-corrected chi connectivity index (χ4v) is 4.51. The topological polar surface area (TPSA) is 805 Å². The normalized spacial score (nSPS) is 7.27. The molecule has 6 rings (SSSR count). The molecule has 0 aliphatic carbocycles. The molecule has 452 valence electrons. The third kappa shape index (κ3) is 49.8. The smallest absolute Gasteiger partial charge is 0.355 e. The van der Waals surface area contributed by atoms with Crippen LogP contribution in [0, 0.1) is 0 Å². The van der Waals surface area contributed by atoms with Crippen LogP contribution >= 0.6 is 0 Å². The number of carbonyl (C=O) groups excluding carboxylic acids is 2. The van der Waals surface area contributed by atoms with E-state index in [1.54, 1.807) is 36.9 Å². The van der Waals surface area contributed by atoms with Gasteiger partial charge in [-0.25, -0.2) is 41.3 Å². The molecule has 77 heavy (non-hydrogen) atoms. The molecule has 0 radical (unpaired) electrons. The van der Waals surface area contributed by atoms with Gasteiger partial charge in [0.25, 0.3) is 0 Å². The largest absolute Gasteiger partial charge is 2.00 e. The number of aromatic amines is 2. The van der Waals surface area contributed by atoms with Gasteiger partial charge in [0.2, 0.25) is 0 Å². The number of hydrogen-bond acceptors (Lipinski definition) is 8. The van der Waals surface area contributed by atoms with Crippen LogP contribution in [0.15, 0.2) is 142 Å². The molecule has 2 aromatic heterocycles. The molecule has 4 aromatic carbocycles. The van der Waals surface area contributed by atoms with Crippen LogP contribution < -0.4 is 31.7 Å². The summed E-state index contributed by atoms with van der Waals surface area (Å²) in [5, 5.41) is 38.9. The van der Waals surface area contributed by atoms with Crippen LogP contribution in [0.5, 0.6) is 11.5 Å². The van der Waals surface area contributed by atoms with Gasteiger partial charge >= 0.3 is 12.1 Å². The van der Waals surface area contributed by atoms with Crippen LogP contribution in [0.4, 0.5) is 9.59 Å². The maximum Gasteiger partial charge on any atom is 0.355 e. The number of pyridine rings is 2. The molecule has 35 nitrogen and oxygen atoms in total. The third-order valence-electron chi connectivity index (χ3n) is 6.84. The number of urea groups is 2. The molecule has 6 aromatic rings. The molecule has 0 aliphatic rings. The molecule has 0 saturated heterocycles. The number of nitrogens with zero attached hydrogens (tertiary/aromatic N) is 4. The van der Waals surface area contributed by atoms with E-state index >= 15 is 0 Å². The van der Waals surface area contributed by atoms with Gasteiger partial charge in [-0.15, -0.1) is 0 Å². The second-order valence-corrected chi connectivity index (χ2v) is 10.3. The van der Waals surface area contributed by atoms with Crippen molar-refractivity contribution in [1.82, 2.24) is 21.7 Å². The first-order valence-corrected chi connectivity index (χ1v) is 15.1. The van der Waals surface area contributed by atoms with E-state index < -0.39 is 12.1 Å². The van der Waals surface area contributed by atoms with Gasteiger partial charge in [0.05, 0.1) is 36.0 Å². The molecule has 0 spiro atoms. The van der Waals surface area contributed by atoms with Crippen LogP contribution in [0.25, 0.3) is 21.5 Å². The Kier molecular flexibility index (Phi) is 163. The second kappa shape index (κ2) is 83.1. The van der Waals surface area contributed by atoms with E-state index in [-0.39, 0.29) is 253 Å². The zero-order valence-corrected chi connectivity index (χ0v) is 49.6. The van der Waals surface area contributed by atoms with Gasteiger partial charge in [-0.1, -0.05) is 60.7 Å². The minimum Gasteiger partial charge on any atom is -2.00 e. The quantitative estimate of drug-likeness (QED) is 0.0703. The number of hydrazone groups is 4. The summed E-state index contributed by atoms with van der Waals surface area (Å²) in [5.74, 6) is 0.172. The molecule has 0 fully saturated rings. The molecule has 4 amide bonds. The molecule has 41 heteroatoms. The number of aromatic nitrogens is 2. The van der Waals surface area contributed by atoms with Crippen LogP contribution in [0.2, 0.25) is 0 Å². The van der Waals surface area contributed by atoms with E-state index in [9.17, 15) is 19.8 Å². The number of H-pyrrole nitrogens is 2. The fourth-order valence-electron chi connectivity index (χ4n) is 4.51. The van der Waals surface area contributed by atoms with Crippen molar-refractivity contribution in [1.29, 1.82) is 0 Å². The summed E-state index contributed by atoms with van der Waals surface area (Å²) in [6.45, 7) is 0. The summed E-state index contributed by atoms with van der Waals surface area (Å²) in [6, 6.07) is 28.1. The molecular formula is C36H36Mo6N10O25-36. The zero-order valence-electron chi connectivity index (χ0n) is 37.6. The van der Waals surface area contributed by atoms with E-state index in [0.29, 0.717) is 11.1 Å². The Morgan fingerprint density at radius 3 is 0.883 bits per heavy atom. The van der Waals surface area contributed by atoms with Crippen LogP contribution in [-0.2, 0) is 230 Å². The van der Waals surface area contributed by atoms with Gasteiger partial charge in [-0.2, -0.15) is 20.4 Å². The molecule has 0 atom stereocenters. The first kappa shape index (κ1) is 151. The van der Waals surface area contributed by atoms with Crippen molar-refractivity contribution in [2.24, 2.45) is 20.4 Å². The minimum atomic E-state index is -0.591. The monoisotopic (exact) mass is 1600 g/mol. The summed E-state index contributed by atoms with van der Waals surface area (Å²) in [6.07, 6.45) is 12.8. The number of hydrogen-bond donors (Lipinski definition) is 6. The summed E-state index contributed by atoms with van der Waals surface area (Å²) >= 11 is 0. The number of phenols is 2. The molecule has 0 aliphatic heterocycles. The molecule has 0 unspecified atom stereocenters. The number of carbonyl (C=O) groups is 2. The van der Waals surface area contributed by atoms with Crippen molar-refractivity contribution in [2.45, 2.75) is 0 Å². The van der Waals surface area contributed by atoms with Crippen molar-refractivity contribution < 1.29 is 271 Å². The zero-order chi connectivity index (χ0) is 35.0. The Balaban J connectivity index is -0.0000000267. The Labute approximate surface area is 523 Å². The molecule has 0 saturated carbocycles. The Morgan fingerprint density at radius 1 is 0.364 bits per heavy atom. The first-order chi connectivity index (χ1) is 24.5. The molecule has 0 bridgehead atoms. The van der Waals surface area contributed by atoms with Gasteiger partial charge in [-0.3, -0.25) is 0 Å². The Morgan fingerprint density at radius 2 is 0.623 bits per heavy atom. The SMILES string of the molecule is O.O.O=C(N/N=C/c1ccc[nH+]c1)N/N=C/c1c(O)ccc2ccccc12.O=C(N/N=C/c1ccc[nH+]c1)N/N=C/c1c(O)ccc2ccccc12.[Mo].[Mo].[Mo].[Mo].[Mo].[Mo].[O-2].[O-2].[O-2].[O-2].[O-2].[O-2].[O-2].[O-2].[O-2].[O-2].[O-2].[O-2].[O-2].[O-2].[O-2].[O-2].[O-2].[O-2].[O-2]. The fraction of sp³-hybridized carbons (Fsp3) is 0. The van der Waals surface area contributed by atoms with Gasteiger partial charge < -0.3 is 125 Å². The maximum absolute atomic E-state index is 11.7. The molecule has 12 N–H and O–H groups in total. The van der Waals surface area contributed by atoms with Crippen LogP contribution in [-0.4, -0.2) is 58.1 Å². The number of aromatic hydroxyl groups is 2. The number of amides is 4. The van der Waals surface area contributed by atoms with Crippen LogP contribution in [0.3, 0.4) is 0 Å². The average molecular weight is 1580 g/mol. The van der Waals surface area contributed by atoms with Gasteiger partial charge in [0, 0.05) is 150 Å². The number of phenolic OH excluding ortho intramolecular Hbond substituents is 2. The summed E-state index contributed by atoms with van der Waals surface area (Å²) in [5.41, 5.74) is 11.9. The van der Waals surface area contributed by atoms with Crippen molar-refractivity contribution in [2.75, 3.05) is 0 Å². The second-order valence-electron chi connectivity index (χ2n) is 10.3. The predicted molar refractivity (Wildman–Crippen MR) is 211 cm³/mol. The third-order valence-corrected chi connectivity index (χ3v) is 6.84. The number of rotatable bonds is 8. The summed E-state index contributed by atoms with van der Waals surface area (Å²) in [7, 11) is 0. The van der Waals surface area contributed by atoms with Crippen molar-refractivity contribution in [3.05, 3.63) is 144 Å². The average Bonchev–Trinajstić information content (AvgIpc) is 3.14. The minimum absolute atomic E-state index is 0. The van der Waals surface area contributed by atoms with E-state index in [1.165, 1.54) is 24.9 Å². The summed E-state index contributed by atoms with van der Waals surface area (Å²) in [4.78, 5) is 29.1. The Hall–Kier alpha value is -4.19. The van der Waals surface area contributed by atoms with Crippen molar-refractivity contribution in [3.63, 3.8) is 0 Å². The van der Waals surface area contributed by atoms with Crippen molar-refractivity contribution >= 4 is 58.5 Å². The predicted octanol–water partition coefficient (Wildman–Crippen LogP) is 0.132. The van der Waals surface area contributed by atoms with Gasteiger partial charge in [-0.05, 0) is 45.8 Å². The van der Waals surface area contributed by atoms with E-state index in [2.05, 4.69) is 52.1 Å². The van der Waals surface area contributed by atoms with Crippen molar-refractivity contribution in [3.8, 4) is 11.5 Å². The molecule has 2 heterocycles. The van der Waals surface area contributed by atoms with Gasteiger partial charge in [0.15, 0.2) is 24.8 Å². The van der Waals surface area contributed by atoms with E-state index in [1.807, 2.05) is 84.9 Å². The number of fused-ring (bicyclic) bond motifs is 2. The van der Waals surface area contributed by atoms with E-state index in [0.717, 1.165) is 32.7 Å². The Bertz CT molecular complexity index is 2110. The standard InChI is InChI=1S/2C18H15N5O2.6Mo.2H2O.19O/c2*24-17-8-7-14-5-1-2-6-15(14)16(17)12-21-23-18(25)22-20-11-13-4-3-9-19-10-13;;;;;;;;;;;;;;;;;;;;;;;;;;;/h2*1-12,24H,(H2,22,23,25);;;;;;;2*1H2;;;;;;;;;;;;;;;;;;;/q;;;;;;;;;;19*-2/p+2/b2*20-11+,21-12+;;;;;;;;;;;;;;;;;;;;;;;;;;;. The first-order valence-electron chi connectivity index (χ1n) is 15.1. The number of benzene rings is 4. The van der Waals surface area contributed by atoms with Crippen LogP contribution in [0.1, 0.15) is 22.3 Å².